The van der Waals surface area contributed by atoms with Gasteiger partial charge in [-0.25, -0.2) is 4.79 Å². The van der Waals surface area contributed by atoms with Crippen LogP contribution in [-0.4, -0.2) is 17.7 Å². The molecule has 22 heavy (non-hydrogen) atoms. The van der Waals surface area contributed by atoms with Crippen LogP contribution in [0.2, 0.25) is 0 Å². The van der Waals surface area contributed by atoms with Gasteiger partial charge in [0.1, 0.15) is 5.76 Å². The zero-order chi connectivity index (χ0) is 15.4. The molecule has 0 aliphatic rings. The maximum absolute atomic E-state index is 11.9. The average molecular weight is 334 g/mol. The third-order valence-corrected chi connectivity index (χ3v) is 4.66. The predicted molar refractivity (Wildman–Crippen MR) is 87.4 cm³/mol. The van der Waals surface area contributed by atoms with E-state index in [4.69, 9.17) is 4.42 Å². The summed E-state index contributed by atoms with van der Waals surface area (Å²) in [6, 6.07) is 8.50. The summed E-state index contributed by atoms with van der Waals surface area (Å²) in [6.07, 6.45) is 1.50. The largest absolute Gasteiger partial charge is 0.466 e. The molecule has 0 saturated carbocycles. The summed E-state index contributed by atoms with van der Waals surface area (Å²) >= 11 is 2.90. The third-order valence-electron chi connectivity index (χ3n) is 3.19. The van der Waals surface area contributed by atoms with Crippen molar-refractivity contribution < 1.29 is 14.3 Å². The molecule has 114 valence electrons. The van der Waals surface area contributed by atoms with Crippen molar-refractivity contribution in [2.24, 2.45) is 0 Å². The fourth-order valence-electron chi connectivity index (χ4n) is 2.06. The molecule has 0 saturated heterocycles. The number of thiophene rings is 2. The fraction of sp³-hybridized carbons (Fsp3) is 0.133. The number of carbonyl (C=O) groups is 1. The standard InChI is InChI=1S/C15H14N2O3S2/c18-14(17-13-4-2-7-22-13)16-10-15(19,11-5-8-21-9-11)12-3-1-6-20-12/h1-9,19H,10H2,(H2,16,17,18)/t15-/m1/s1. The smallest absolute Gasteiger partial charge is 0.319 e. The summed E-state index contributed by atoms with van der Waals surface area (Å²) < 4.78 is 5.35. The molecule has 0 aliphatic carbocycles. The van der Waals surface area contributed by atoms with Crippen LogP contribution in [0.4, 0.5) is 9.80 Å². The van der Waals surface area contributed by atoms with Crippen LogP contribution in [0, 0.1) is 0 Å². The lowest BCUT2D eigenvalue weighted by Gasteiger charge is -2.25. The maximum atomic E-state index is 11.9. The summed E-state index contributed by atoms with van der Waals surface area (Å²) in [7, 11) is 0. The van der Waals surface area contributed by atoms with Crippen molar-refractivity contribution in [2.75, 3.05) is 11.9 Å². The Morgan fingerprint density at radius 2 is 2.18 bits per heavy atom. The van der Waals surface area contributed by atoms with Crippen LogP contribution < -0.4 is 10.6 Å². The monoisotopic (exact) mass is 334 g/mol. The second-order valence-electron chi connectivity index (χ2n) is 4.63. The van der Waals surface area contributed by atoms with Crippen molar-refractivity contribution >= 4 is 33.7 Å². The zero-order valence-electron chi connectivity index (χ0n) is 11.5. The summed E-state index contributed by atoms with van der Waals surface area (Å²) in [5.74, 6) is 0.391. The first-order valence-corrected chi connectivity index (χ1v) is 8.38. The molecule has 0 radical (unpaired) electrons. The molecule has 0 fully saturated rings. The molecule has 0 unspecified atom stereocenters. The van der Waals surface area contributed by atoms with Gasteiger partial charge in [-0.2, -0.15) is 11.3 Å². The number of aliphatic hydroxyl groups is 1. The summed E-state index contributed by atoms with van der Waals surface area (Å²) in [6.45, 7) is 0.00839. The van der Waals surface area contributed by atoms with Crippen LogP contribution in [0.5, 0.6) is 0 Å². The Bertz CT molecular complexity index is 672. The van der Waals surface area contributed by atoms with Crippen molar-refractivity contribution in [3.63, 3.8) is 0 Å². The first-order valence-electron chi connectivity index (χ1n) is 6.56. The highest BCUT2D eigenvalue weighted by Gasteiger charge is 2.35. The number of amides is 2. The average Bonchev–Trinajstić information content (AvgIpc) is 3.26. The van der Waals surface area contributed by atoms with E-state index in [9.17, 15) is 9.90 Å². The van der Waals surface area contributed by atoms with Crippen LogP contribution in [0.15, 0.2) is 57.2 Å². The van der Waals surface area contributed by atoms with Gasteiger partial charge in [0.15, 0.2) is 5.60 Å². The minimum absolute atomic E-state index is 0.00839. The van der Waals surface area contributed by atoms with Crippen molar-refractivity contribution in [2.45, 2.75) is 5.60 Å². The SMILES string of the molecule is O=C(NC[C@@](O)(c1ccsc1)c1ccco1)Nc1cccs1. The molecule has 3 N–H and O–H groups in total. The number of carbonyl (C=O) groups excluding carboxylic acids is 1. The molecule has 0 spiro atoms. The molecule has 7 heteroatoms. The lowest BCUT2D eigenvalue weighted by Crippen LogP contribution is -2.42. The van der Waals surface area contributed by atoms with E-state index in [1.165, 1.54) is 28.9 Å². The quantitative estimate of drug-likeness (QED) is 0.669. The number of hydrogen-bond acceptors (Lipinski definition) is 5. The molecule has 0 bridgehead atoms. The van der Waals surface area contributed by atoms with Gasteiger partial charge in [0.25, 0.3) is 0 Å². The van der Waals surface area contributed by atoms with Crippen LogP contribution in [-0.2, 0) is 5.60 Å². The minimum Gasteiger partial charge on any atom is -0.466 e. The molecule has 3 rings (SSSR count). The van der Waals surface area contributed by atoms with E-state index >= 15 is 0 Å². The van der Waals surface area contributed by atoms with E-state index in [2.05, 4.69) is 10.6 Å². The Balaban J connectivity index is 1.73. The summed E-state index contributed by atoms with van der Waals surface area (Å²) in [4.78, 5) is 11.9. The summed E-state index contributed by atoms with van der Waals surface area (Å²) in [5.41, 5.74) is -0.708. The number of urea groups is 1. The number of rotatable bonds is 5. The third kappa shape index (κ3) is 3.06. The van der Waals surface area contributed by atoms with Crippen molar-refractivity contribution in [3.05, 3.63) is 64.1 Å². The minimum atomic E-state index is -1.39. The van der Waals surface area contributed by atoms with Gasteiger partial charge in [-0.15, -0.1) is 11.3 Å². The Morgan fingerprint density at radius 1 is 1.27 bits per heavy atom. The van der Waals surface area contributed by atoms with Gasteiger partial charge in [0, 0.05) is 5.56 Å². The number of hydrogen-bond donors (Lipinski definition) is 3. The van der Waals surface area contributed by atoms with E-state index in [0.717, 1.165) is 5.00 Å². The molecule has 0 aromatic carbocycles. The van der Waals surface area contributed by atoms with Crippen molar-refractivity contribution in [1.82, 2.24) is 5.32 Å². The van der Waals surface area contributed by atoms with Crippen molar-refractivity contribution in [1.29, 1.82) is 0 Å². The van der Waals surface area contributed by atoms with Gasteiger partial charge in [-0.3, -0.25) is 5.32 Å². The lowest BCUT2D eigenvalue weighted by atomic mass is 9.93. The van der Waals surface area contributed by atoms with Crippen molar-refractivity contribution in [3.8, 4) is 0 Å². The lowest BCUT2D eigenvalue weighted by molar-refractivity contribution is 0.0597. The molecule has 1 atom stereocenters. The Kier molecular flexibility index (Phi) is 4.28. The molecule has 3 aromatic rings. The van der Waals surface area contributed by atoms with Gasteiger partial charge in [-0.05, 0) is 46.5 Å². The fourth-order valence-corrected chi connectivity index (χ4v) is 3.40. The van der Waals surface area contributed by atoms with Gasteiger partial charge < -0.3 is 14.8 Å². The predicted octanol–water partition coefficient (Wildman–Crippen LogP) is 3.46. The van der Waals surface area contributed by atoms with Gasteiger partial charge in [0.2, 0.25) is 0 Å². The number of nitrogens with one attached hydrogen (secondary N) is 2. The second kappa shape index (κ2) is 6.35. The number of furan rings is 1. The second-order valence-corrected chi connectivity index (χ2v) is 6.36. The Hall–Kier alpha value is -2.09. The maximum Gasteiger partial charge on any atom is 0.319 e. The van der Waals surface area contributed by atoms with Crippen LogP contribution in [0.25, 0.3) is 0 Å². The van der Waals surface area contributed by atoms with Crippen LogP contribution in [0.1, 0.15) is 11.3 Å². The van der Waals surface area contributed by atoms with Gasteiger partial charge in [-0.1, -0.05) is 0 Å². The summed E-state index contributed by atoms with van der Waals surface area (Å²) in [5, 5.41) is 22.7. The van der Waals surface area contributed by atoms with Gasteiger partial charge in [0.05, 0.1) is 17.8 Å². The van der Waals surface area contributed by atoms with Gasteiger partial charge >= 0.3 is 6.03 Å². The molecule has 3 aromatic heterocycles. The first kappa shape index (κ1) is 14.8. The highest BCUT2D eigenvalue weighted by molar-refractivity contribution is 7.14. The van der Waals surface area contributed by atoms with E-state index < -0.39 is 5.60 Å². The zero-order valence-corrected chi connectivity index (χ0v) is 13.1. The van der Waals surface area contributed by atoms with E-state index in [1.54, 1.807) is 12.1 Å². The molecule has 0 aliphatic heterocycles. The Labute approximate surface area is 135 Å². The van der Waals surface area contributed by atoms with E-state index in [1.807, 2.05) is 34.3 Å². The topological polar surface area (TPSA) is 74.5 Å². The molecule has 2 amide bonds. The number of anilines is 1. The molecular formula is C15H14N2O3S2. The highest BCUT2D eigenvalue weighted by Crippen LogP contribution is 2.31. The molecule has 3 heterocycles. The Morgan fingerprint density at radius 3 is 2.82 bits per heavy atom. The van der Waals surface area contributed by atoms with Crippen LogP contribution >= 0.6 is 22.7 Å². The normalized spacial score (nSPS) is 13.5. The van der Waals surface area contributed by atoms with E-state index in [-0.39, 0.29) is 12.6 Å². The molecule has 5 nitrogen and oxygen atoms in total. The first-order chi connectivity index (χ1) is 10.7. The van der Waals surface area contributed by atoms with E-state index in [0.29, 0.717) is 11.3 Å². The highest BCUT2D eigenvalue weighted by atomic mass is 32.1. The molecular weight excluding hydrogens is 320 g/mol. The van der Waals surface area contributed by atoms with Crippen LogP contribution in [0.3, 0.4) is 0 Å².